The molecule has 0 amide bonds. The third kappa shape index (κ3) is 7.51. The van der Waals surface area contributed by atoms with Gasteiger partial charge in [0.1, 0.15) is 5.76 Å². The van der Waals surface area contributed by atoms with Gasteiger partial charge in [-0.3, -0.25) is 4.99 Å². The summed E-state index contributed by atoms with van der Waals surface area (Å²) in [5.41, 5.74) is 0.866. The van der Waals surface area contributed by atoms with Crippen LogP contribution in [0.5, 0.6) is 0 Å². The predicted octanol–water partition coefficient (Wildman–Crippen LogP) is 2.89. The van der Waals surface area contributed by atoms with Gasteiger partial charge in [0.15, 0.2) is 5.96 Å². The number of furan rings is 1. The Bertz CT molecular complexity index is 658. The van der Waals surface area contributed by atoms with Crippen molar-refractivity contribution in [2.24, 2.45) is 4.99 Å². The fourth-order valence-electron chi connectivity index (χ4n) is 2.91. The number of benzene rings is 1. The van der Waals surface area contributed by atoms with Crippen molar-refractivity contribution in [1.82, 2.24) is 10.6 Å². The number of rotatable bonds is 8. The zero-order chi connectivity index (χ0) is 18.0. The second kappa shape index (κ2) is 12.0. The van der Waals surface area contributed by atoms with Gasteiger partial charge in [0.2, 0.25) is 0 Å². The molecule has 6 nitrogen and oxygen atoms in total. The minimum Gasteiger partial charge on any atom is -0.469 e. The Labute approximate surface area is 177 Å². The standard InChI is InChI=1S/C20H27N3O3.HI/c24-19(16-6-2-1-3-7-16)15-23-20(22-14-18-9-5-13-26-18)21-11-10-17-8-4-12-25-17;/h1-4,6-8,12,18-19,24H,5,9-11,13-15H2,(H2,21,22,23);1H. The van der Waals surface area contributed by atoms with Crippen LogP contribution in [0.2, 0.25) is 0 Å². The van der Waals surface area contributed by atoms with Gasteiger partial charge in [-0.2, -0.15) is 0 Å². The van der Waals surface area contributed by atoms with Crippen LogP contribution >= 0.6 is 24.0 Å². The number of aliphatic hydroxyl groups excluding tert-OH is 1. The Morgan fingerprint density at radius 2 is 2.04 bits per heavy atom. The van der Waals surface area contributed by atoms with Crippen molar-refractivity contribution in [3.63, 3.8) is 0 Å². The van der Waals surface area contributed by atoms with E-state index in [1.165, 1.54) is 0 Å². The van der Waals surface area contributed by atoms with Gasteiger partial charge in [0, 0.05) is 26.1 Å². The lowest BCUT2D eigenvalue weighted by Gasteiger charge is -2.16. The van der Waals surface area contributed by atoms with Crippen LogP contribution in [0.3, 0.4) is 0 Å². The lowest BCUT2D eigenvalue weighted by Crippen LogP contribution is -2.42. The van der Waals surface area contributed by atoms with Crippen LogP contribution in [0.15, 0.2) is 58.1 Å². The summed E-state index contributed by atoms with van der Waals surface area (Å²) in [5, 5.41) is 16.9. The summed E-state index contributed by atoms with van der Waals surface area (Å²) in [4.78, 5) is 4.54. The maximum absolute atomic E-state index is 10.3. The molecule has 3 N–H and O–H groups in total. The maximum atomic E-state index is 10.3. The summed E-state index contributed by atoms with van der Waals surface area (Å²) in [7, 11) is 0. The van der Waals surface area contributed by atoms with Crippen molar-refractivity contribution >= 4 is 29.9 Å². The Morgan fingerprint density at radius 1 is 1.19 bits per heavy atom. The van der Waals surface area contributed by atoms with Crippen molar-refractivity contribution in [3.8, 4) is 0 Å². The average molecular weight is 485 g/mol. The molecular formula is C20H28IN3O3. The Kier molecular flexibility index (Phi) is 9.65. The van der Waals surface area contributed by atoms with E-state index in [0.717, 1.165) is 37.2 Å². The molecule has 0 aliphatic carbocycles. The van der Waals surface area contributed by atoms with Crippen LogP contribution in [-0.2, 0) is 11.2 Å². The van der Waals surface area contributed by atoms with Gasteiger partial charge in [-0.05, 0) is 30.5 Å². The van der Waals surface area contributed by atoms with Crippen LogP contribution in [0.25, 0.3) is 0 Å². The number of aliphatic imine (C=N–C) groups is 1. The van der Waals surface area contributed by atoms with Crippen LogP contribution in [0.4, 0.5) is 0 Å². The topological polar surface area (TPSA) is 79.0 Å². The third-order valence-corrected chi connectivity index (χ3v) is 4.37. The van der Waals surface area contributed by atoms with Crippen molar-refractivity contribution in [1.29, 1.82) is 0 Å². The van der Waals surface area contributed by atoms with Gasteiger partial charge in [-0.1, -0.05) is 30.3 Å². The van der Waals surface area contributed by atoms with Gasteiger partial charge in [0.25, 0.3) is 0 Å². The van der Waals surface area contributed by atoms with E-state index in [9.17, 15) is 5.11 Å². The summed E-state index contributed by atoms with van der Waals surface area (Å²) in [6.45, 7) is 2.55. The molecule has 1 aromatic heterocycles. The monoisotopic (exact) mass is 485 g/mol. The molecule has 2 unspecified atom stereocenters. The molecule has 27 heavy (non-hydrogen) atoms. The largest absolute Gasteiger partial charge is 0.469 e. The molecule has 148 valence electrons. The normalized spacial score (nSPS) is 18.0. The predicted molar refractivity (Wildman–Crippen MR) is 117 cm³/mol. The van der Waals surface area contributed by atoms with Gasteiger partial charge < -0.3 is 24.9 Å². The molecule has 1 aromatic carbocycles. The van der Waals surface area contributed by atoms with Crippen molar-refractivity contribution in [3.05, 3.63) is 60.1 Å². The van der Waals surface area contributed by atoms with E-state index >= 15 is 0 Å². The highest BCUT2D eigenvalue weighted by atomic mass is 127. The van der Waals surface area contributed by atoms with Gasteiger partial charge in [-0.25, -0.2) is 0 Å². The summed E-state index contributed by atoms with van der Waals surface area (Å²) >= 11 is 0. The molecule has 2 aromatic rings. The molecule has 0 spiro atoms. The molecule has 1 aliphatic heterocycles. The molecular weight excluding hydrogens is 457 g/mol. The summed E-state index contributed by atoms with van der Waals surface area (Å²) < 4.78 is 11.0. The van der Waals surface area contributed by atoms with Gasteiger partial charge in [-0.15, -0.1) is 24.0 Å². The van der Waals surface area contributed by atoms with Crippen LogP contribution in [0.1, 0.15) is 30.3 Å². The van der Waals surface area contributed by atoms with E-state index < -0.39 is 6.10 Å². The average Bonchev–Trinajstić information content (AvgIpc) is 3.38. The first-order valence-electron chi connectivity index (χ1n) is 9.20. The minimum absolute atomic E-state index is 0. The minimum atomic E-state index is -0.623. The van der Waals surface area contributed by atoms with E-state index in [-0.39, 0.29) is 30.1 Å². The number of nitrogens with one attached hydrogen (secondary N) is 2. The van der Waals surface area contributed by atoms with Gasteiger partial charge >= 0.3 is 0 Å². The molecule has 0 radical (unpaired) electrons. The lowest BCUT2D eigenvalue weighted by molar-refractivity contribution is 0.113. The molecule has 2 atom stereocenters. The summed E-state index contributed by atoms with van der Waals surface area (Å²) in [6.07, 6.45) is 4.23. The Hall–Kier alpha value is -1.58. The Balaban J connectivity index is 0.00000261. The van der Waals surface area contributed by atoms with Crippen molar-refractivity contribution in [2.45, 2.75) is 31.5 Å². The second-order valence-electron chi connectivity index (χ2n) is 6.39. The maximum Gasteiger partial charge on any atom is 0.191 e. The third-order valence-electron chi connectivity index (χ3n) is 4.37. The number of aliphatic hydroxyl groups is 1. The summed E-state index contributed by atoms with van der Waals surface area (Å²) in [5.74, 6) is 1.61. The number of hydrogen-bond acceptors (Lipinski definition) is 4. The molecule has 3 rings (SSSR count). The molecule has 1 aliphatic rings. The first-order chi connectivity index (χ1) is 12.8. The number of guanidine groups is 1. The molecule has 1 saturated heterocycles. The van der Waals surface area contributed by atoms with Crippen LogP contribution in [-0.4, -0.2) is 43.4 Å². The summed E-state index contributed by atoms with van der Waals surface area (Å²) in [6, 6.07) is 13.4. The van der Waals surface area contributed by atoms with E-state index in [4.69, 9.17) is 9.15 Å². The quantitative estimate of drug-likeness (QED) is 0.305. The van der Waals surface area contributed by atoms with Crippen LogP contribution in [0, 0.1) is 0 Å². The fourth-order valence-corrected chi connectivity index (χ4v) is 2.91. The van der Waals surface area contributed by atoms with E-state index in [0.29, 0.717) is 25.6 Å². The highest BCUT2D eigenvalue weighted by Gasteiger charge is 2.16. The smallest absolute Gasteiger partial charge is 0.191 e. The number of hydrogen-bond donors (Lipinski definition) is 3. The van der Waals surface area contributed by atoms with Crippen molar-refractivity contribution in [2.75, 3.05) is 26.2 Å². The highest BCUT2D eigenvalue weighted by Crippen LogP contribution is 2.12. The molecule has 0 bridgehead atoms. The number of ether oxygens (including phenoxy) is 1. The zero-order valence-electron chi connectivity index (χ0n) is 15.3. The van der Waals surface area contributed by atoms with E-state index in [1.54, 1.807) is 6.26 Å². The number of nitrogens with zero attached hydrogens (tertiary/aromatic N) is 1. The van der Waals surface area contributed by atoms with E-state index in [1.807, 2.05) is 42.5 Å². The van der Waals surface area contributed by atoms with Crippen LogP contribution < -0.4 is 10.6 Å². The fraction of sp³-hybridized carbons (Fsp3) is 0.450. The zero-order valence-corrected chi connectivity index (χ0v) is 17.7. The molecule has 1 fully saturated rings. The first kappa shape index (κ1) is 21.7. The molecule has 7 heteroatoms. The van der Waals surface area contributed by atoms with Gasteiger partial charge in [0.05, 0.1) is 25.0 Å². The Morgan fingerprint density at radius 3 is 2.74 bits per heavy atom. The highest BCUT2D eigenvalue weighted by molar-refractivity contribution is 14.0. The first-order valence-corrected chi connectivity index (χ1v) is 9.20. The second-order valence-corrected chi connectivity index (χ2v) is 6.39. The van der Waals surface area contributed by atoms with Crippen molar-refractivity contribution < 1.29 is 14.3 Å². The molecule has 2 heterocycles. The molecule has 0 saturated carbocycles. The lowest BCUT2D eigenvalue weighted by atomic mass is 10.1. The number of halogens is 1. The SMILES string of the molecule is I.OC(CN=C(NCCc1ccco1)NCC1CCCO1)c1ccccc1. The van der Waals surface area contributed by atoms with E-state index in [2.05, 4.69) is 15.6 Å².